The number of amides is 2. The minimum atomic E-state index is -0.523. The van der Waals surface area contributed by atoms with Crippen molar-refractivity contribution in [1.29, 1.82) is 5.26 Å². The van der Waals surface area contributed by atoms with Crippen LogP contribution in [-0.4, -0.2) is 18.9 Å². The van der Waals surface area contributed by atoms with Gasteiger partial charge in [0.2, 0.25) is 11.8 Å². The van der Waals surface area contributed by atoms with Crippen LogP contribution in [0.3, 0.4) is 0 Å². The van der Waals surface area contributed by atoms with Crippen molar-refractivity contribution in [3.8, 4) is 11.8 Å². The standard InChI is InChI=1S/C18H16ClN3O3/c1-11-7-15(16(25-2)8-13(11)19)22-18(24)9-17(23)21-14-6-4-3-5-12(14)10-20/h3-8H,9H2,1-2H3,(H,21,23)(H,22,24). The predicted molar refractivity (Wildman–Crippen MR) is 95.8 cm³/mol. The summed E-state index contributed by atoms with van der Waals surface area (Å²) in [5.74, 6) is -0.629. The number of hydrogen-bond donors (Lipinski definition) is 2. The van der Waals surface area contributed by atoms with Gasteiger partial charge in [-0.15, -0.1) is 0 Å². The van der Waals surface area contributed by atoms with Gasteiger partial charge >= 0.3 is 0 Å². The number of anilines is 2. The van der Waals surface area contributed by atoms with Crippen molar-refractivity contribution in [2.75, 3.05) is 17.7 Å². The van der Waals surface area contributed by atoms with Gasteiger partial charge in [0.15, 0.2) is 0 Å². The second-order valence-electron chi connectivity index (χ2n) is 5.23. The van der Waals surface area contributed by atoms with Gasteiger partial charge in [0.25, 0.3) is 0 Å². The van der Waals surface area contributed by atoms with Gasteiger partial charge in [-0.05, 0) is 30.7 Å². The second kappa shape index (κ2) is 8.18. The number of carbonyl (C=O) groups excluding carboxylic acids is 2. The highest BCUT2D eigenvalue weighted by Crippen LogP contribution is 2.31. The van der Waals surface area contributed by atoms with Crippen molar-refractivity contribution in [2.24, 2.45) is 0 Å². The Balaban J connectivity index is 2.04. The molecule has 0 saturated heterocycles. The van der Waals surface area contributed by atoms with E-state index in [0.717, 1.165) is 5.56 Å². The van der Waals surface area contributed by atoms with Gasteiger partial charge in [-0.2, -0.15) is 5.26 Å². The number of hydrogen-bond acceptors (Lipinski definition) is 4. The number of rotatable bonds is 5. The monoisotopic (exact) mass is 357 g/mol. The Bertz CT molecular complexity index is 859. The highest BCUT2D eigenvalue weighted by Gasteiger charge is 2.14. The fraction of sp³-hybridized carbons (Fsp3) is 0.167. The minimum Gasteiger partial charge on any atom is -0.495 e. The van der Waals surface area contributed by atoms with E-state index in [1.165, 1.54) is 7.11 Å². The first kappa shape index (κ1) is 18.3. The van der Waals surface area contributed by atoms with E-state index in [2.05, 4.69) is 10.6 Å². The third kappa shape index (κ3) is 4.72. The van der Waals surface area contributed by atoms with Crippen molar-refractivity contribution in [3.05, 3.63) is 52.5 Å². The third-order valence-corrected chi connectivity index (χ3v) is 3.80. The number of carbonyl (C=O) groups is 2. The number of aryl methyl sites for hydroxylation is 1. The van der Waals surface area contributed by atoms with Crippen LogP contribution in [0, 0.1) is 18.3 Å². The van der Waals surface area contributed by atoms with Crippen LogP contribution in [0.1, 0.15) is 17.5 Å². The Hall–Kier alpha value is -3.04. The average molecular weight is 358 g/mol. The van der Waals surface area contributed by atoms with Crippen molar-refractivity contribution >= 4 is 34.8 Å². The van der Waals surface area contributed by atoms with Crippen LogP contribution < -0.4 is 15.4 Å². The molecule has 2 aromatic rings. The maximum absolute atomic E-state index is 12.1. The zero-order chi connectivity index (χ0) is 18.4. The lowest BCUT2D eigenvalue weighted by molar-refractivity contribution is -0.123. The van der Waals surface area contributed by atoms with Crippen LogP contribution in [0.2, 0.25) is 5.02 Å². The Morgan fingerprint density at radius 3 is 2.44 bits per heavy atom. The van der Waals surface area contributed by atoms with Gasteiger partial charge in [-0.1, -0.05) is 23.7 Å². The number of nitriles is 1. The molecule has 7 heteroatoms. The van der Waals surface area contributed by atoms with Gasteiger partial charge in [0, 0.05) is 11.1 Å². The molecule has 0 saturated carbocycles. The van der Waals surface area contributed by atoms with E-state index in [1.54, 1.807) is 43.3 Å². The molecule has 0 bridgehead atoms. The minimum absolute atomic E-state index is 0.325. The molecule has 128 valence electrons. The van der Waals surface area contributed by atoms with Crippen LogP contribution in [0.4, 0.5) is 11.4 Å². The molecule has 0 fully saturated rings. The van der Waals surface area contributed by atoms with E-state index in [-0.39, 0.29) is 0 Å². The molecule has 6 nitrogen and oxygen atoms in total. The molecule has 0 radical (unpaired) electrons. The SMILES string of the molecule is COc1cc(Cl)c(C)cc1NC(=O)CC(=O)Nc1ccccc1C#N. The maximum Gasteiger partial charge on any atom is 0.233 e. The van der Waals surface area contributed by atoms with E-state index in [4.69, 9.17) is 21.6 Å². The molecule has 0 aliphatic carbocycles. The number of benzene rings is 2. The number of nitrogens with zero attached hydrogens (tertiary/aromatic N) is 1. The molecule has 0 unspecified atom stereocenters. The first-order valence-corrected chi connectivity index (χ1v) is 7.75. The average Bonchev–Trinajstić information content (AvgIpc) is 2.58. The van der Waals surface area contributed by atoms with E-state index in [9.17, 15) is 9.59 Å². The van der Waals surface area contributed by atoms with Gasteiger partial charge in [-0.3, -0.25) is 9.59 Å². The molecular weight excluding hydrogens is 342 g/mol. The summed E-state index contributed by atoms with van der Waals surface area (Å²) < 4.78 is 5.18. The number of ether oxygens (including phenoxy) is 1. The Morgan fingerprint density at radius 1 is 1.16 bits per heavy atom. The van der Waals surface area contributed by atoms with Crippen LogP contribution in [0.15, 0.2) is 36.4 Å². The third-order valence-electron chi connectivity index (χ3n) is 3.40. The summed E-state index contributed by atoms with van der Waals surface area (Å²) in [4.78, 5) is 24.1. The molecule has 0 aliphatic heterocycles. The van der Waals surface area contributed by atoms with Crippen molar-refractivity contribution in [1.82, 2.24) is 0 Å². The summed E-state index contributed by atoms with van der Waals surface area (Å²) in [7, 11) is 1.46. The quantitative estimate of drug-likeness (QED) is 0.801. The molecule has 2 N–H and O–H groups in total. The number of para-hydroxylation sites is 1. The van der Waals surface area contributed by atoms with E-state index < -0.39 is 18.2 Å². The van der Waals surface area contributed by atoms with Gasteiger partial charge < -0.3 is 15.4 Å². The maximum atomic E-state index is 12.1. The molecule has 0 heterocycles. The fourth-order valence-corrected chi connectivity index (χ4v) is 2.31. The van der Waals surface area contributed by atoms with E-state index in [0.29, 0.717) is 27.7 Å². The lowest BCUT2D eigenvalue weighted by Gasteiger charge is -2.12. The molecule has 2 rings (SSSR count). The number of methoxy groups -OCH3 is 1. The fourth-order valence-electron chi connectivity index (χ4n) is 2.15. The lowest BCUT2D eigenvalue weighted by atomic mass is 10.2. The molecular formula is C18H16ClN3O3. The normalized spacial score (nSPS) is 9.84. The van der Waals surface area contributed by atoms with Crippen LogP contribution in [-0.2, 0) is 9.59 Å². The smallest absolute Gasteiger partial charge is 0.233 e. The van der Waals surface area contributed by atoms with E-state index in [1.807, 2.05) is 6.07 Å². The summed E-state index contributed by atoms with van der Waals surface area (Å²) in [6.07, 6.45) is -0.398. The topological polar surface area (TPSA) is 91.2 Å². The molecule has 0 spiro atoms. The zero-order valence-corrected chi connectivity index (χ0v) is 14.5. The highest BCUT2D eigenvalue weighted by molar-refractivity contribution is 6.31. The lowest BCUT2D eigenvalue weighted by Crippen LogP contribution is -2.22. The van der Waals surface area contributed by atoms with Crippen LogP contribution in [0.25, 0.3) is 0 Å². The summed E-state index contributed by atoms with van der Waals surface area (Å²) in [5, 5.41) is 14.7. The largest absolute Gasteiger partial charge is 0.495 e. The Labute approximate surface area is 150 Å². The van der Waals surface area contributed by atoms with Gasteiger partial charge in [-0.25, -0.2) is 0 Å². The van der Waals surface area contributed by atoms with Crippen molar-refractivity contribution in [2.45, 2.75) is 13.3 Å². The van der Waals surface area contributed by atoms with E-state index >= 15 is 0 Å². The summed E-state index contributed by atoms with van der Waals surface area (Å²) >= 11 is 6.02. The summed E-state index contributed by atoms with van der Waals surface area (Å²) in [6, 6.07) is 11.8. The molecule has 0 aliphatic rings. The molecule has 2 aromatic carbocycles. The first-order valence-electron chi connectivity index (χ1n) is 7.37. The van der Waals surface area contributed by atoms with Crippen LogP contribution in [0.5, 0.6) is 5.75 Å². The molecule has 0 aromatic heterocycles. The first-order chi connectivity index (χ1) is 11.9. The summed E-state index contributed by atoms with van der Waals surface area (Å²) in [6.45, 7) is 1.79. The number of nitrogens with one attached hydrogen (secondary N) is 2. The Kier molecular flexibility index (Phi) is 5.98. The number of halogens is 1. The predicted octanol–water partition coefficient (Wildman–Crippen LogP) is 3.50. The van der Waals surface area contributed by atoms with Gasteiger partial charge in [0.1, 0.15) is 18.2 Å². The molecule has 2 amide bonds. The van der Waals surface area contributed by atoms with Crippen molar-refractivity contribution in [3.63, 3.8) is 0 Å². The Morgan fingerprint density at radius 2 is 1.80 bits per heavy atom. The molecule has 25 heavy (non-hydrogen) atoms. The second-order valence-corrected chi connectivity index (χ2v) is 5.64. The molecule has 0 atom stereocenters. The van der Waals surface area contributed by atoms with Crippen molar-refractivity contribution < 1.29 is 14.3 Å². The zero-order valence-electron chi connectivity index (χ0n) is 13.7. The summed E-state index contributed by atoms with van der Waals surface area (Å²) in [5.41, 5.74) is 1.89. The van der Waals surface area contributed by atoms with Gasteiger partial charge in [0.05, 0.1) is 24.0 Å². The highest BCUT2D eigenvalue weighted by atomic mass is 35.5. The van der Waals surface area contributed by atoms with Crippen LogP contribution >= 0.6 is 11.6 Å².